The number of nitrogens with zero attached hydrogens (tertiary/aromatic N) is 3. The lowest BCUT2D eigenvalue weighted by molar-refractivity contribution is -0.132. The Bertz CT molecular complexity index is 1000. The molecule has 184 valence electrons. The van der Waals surface area contributed by atoms with Gasteiger partial charge in [0.15, 0.2) is 11.5 Å². The van der Waals surface area contributed by atoms with Crippen molar-refractivity contribution in [2.75, 3.05) is 45.9 Å². The number of hydrogen-bond acceptors (Lipinski definition) is 7. The quantitative estimate of drug-likeness (QED) is 0.648. The van der Waals surface area contributed by atoms with Crippen LogP contribution in [0.15, 0.2) is 23.6 Å². The maximum atomic E-state index is 12.9. The normalized spacial score (nSPS) is 17.4. The summed E-state index contributed by atoms with van der Waals surface area (Å²) < 4.78 is 11.6. The zero-order valence-electron chi connectivity index (χ0n) is 20.2. The molecule has 2 amide bonds. The summed E-state index contributed by atoms with van der Waals surface area (Å²) in [6, 6.07) is 5.81. The van der Waals surface area contributed by atoms with Crippen LogP contribution in [-0.2, 0) is 16.0 Å². The van der Waals surface area contributed by atoms with Crippen LogP contribution in [0.1, 0.15) is 42.6 Å². The van der Waals surface area contributed by atoms with Gasteiger partial charge >= 0.3 is 0 Å². The average Bonchev–Trinajstić information content (AvgIpc) is 3.08. The number of amides is 2. The lowest BCUT2D eigenvalue weighted by Gasteiger charge is -2.34. The Hall–Kier alpha value is -2.65. The van der Waals surface area contributed by atoms with Gasteiger partial charge < -0.3 is 19.7 Å². The van der Waals surface area contributed by atoms with Crippen molar-refractivity contribution in [3.63, 3.8) is 0 Å². The minimum atomic E-state index is -0.116. The number of piperazine rings is 1. The lowest BCUT2D eigenvalue weighted by Crippen LogP contribution is -2.51. The van der Waals surface area contributed by atoms with Crippen LogP contribution in [0, 0.1) is 12.8 Å². The van der Waals surface area contributed by atoms with Crippen LogP contribution in [0.25, 0.3) is 0 Å². The molecule has 4 rings (SSSR count). The standard InChI is InChI=1S/C25H34N4O4S/c1-17(2)25(19-5-6-20-21(13-19)33-12-4-11-32-20)27-22(30)15-28-7-9-29(10-8-28)24(31)14-23-26-18(3)16-34-23/h5-6,13,16-17,25H,4,7-12,14-15H2,1-3H3,(H,27,30). The van der Waals surface area contributed by atoms with E-state index in [0.717, 1.165) is 34.2 Å². The van der Waals surface area contributed by atoms with E-state index < -0.39 is 0 Å². The molecule has 9 heteroatoms. The first-order valence-corrected chi connectivity index (χ1v) is 12.9. The fourth-order valence-electron chi connectivity index (χ4n) is 4.31. The highest BCUT2D eigenvalue weighted by Crippen LogP contribution is 2.34. The zero-order chi connectivity index (χ0) is 24.1. The number of rotatable bonds is 7. The predicted octanol–water partition coefficient (Wildman–Crippen LogP) is 2.81. The summed E-state index contributed by atoms with van der Waals surface area (Å²) >= 11 is 1.53. The first kappa shape index (κ1) is 24.5. The molecule has 1 fully saturated rings. The molecular weight excluding hydrogens is 452 g/mol. The minimum absolute atomic E-state index is 0.0103. The van der Waals surface area contributed by atoms with Crippen molar-refractivity contribution in [2.45, 2.75) is 39.7 Å². The molecule has 0 radical (unpaired) electrons. The molecule has 0 saturated carbocycles. The number of aromatic nitrogens is 1. The van der Waals surface area contributed by atoms with Gasteiger partial charge in [-0.2, -0.15) is 0 Å². The monoisotopic (exact) mass is 486 g/mol. The lowest BCUT2D eigenvalue weighted by atomic mass is 9.95. The third kappa shape index (κ3) is 6.27. The molecule has 1 saturated heterocycles. The second kappa shape index (κ2) is 11.2. The van der Waals surface area contributed by atoms with E-state index in [-0.39, 0.29) is 23.8 Å². The molecule has 1 aromatic heterocycles. The first-order valence-electron chi connectivity index (χ1n) is 12.0. The number of fused-ring (bicyclic) bond motifs is 1. The van der Waals surface area contributed by atoms with Gasteiger partial charge in [0.25, 0.3) is 0 Å². The third-order valence-electron chi connectivity index (χ3n) is 6.18. The highest BCUT2D eigenvalue weighted by Gasteiger charge is 2.25. The summed E-state index contributed by atoms with van der Waals surface area (Å²) in [4.78, 5) is 33.9. The van der Waals surface area contributed by atoms with Gasteiger partial charge in [-0.25, -0.2) is 4.98 Å². The highest BCUT2D eigenvalue weighted by molar-refractivity contribution is 7.09. The van der Waals surface area contributed by atoms with E-state index >= 15 is 0 Å². The van der Waals surface area contributed by atoms with Crippen LogP contribution in [0.5, 0.6) is 11.5 Å². The summed E-state index contributed by atoms with van der Waals surface area (Å²) in [5.41, 5.74) is 1.97. The average molecular weight is 487 g/mol. The number of carbonyl (C=O) groups excluding carboxylic acids is 2. The molecule has 1 N–H and O–H groups in total. The van der Waals surface area contributed by atoms with Gasteiger partial charge in [0, 0.05) is 43.7 Å². The smallest absolute Gasteiger partial charge is 0.234 e. The minimum Gasteiger partial charge on any atom is -0.490 e. The van der Waals surface area contributed by atoms with Crippen LogP contribution in [-0.4, -0.2) is 72.5 Å². The van der Waals surface area contributed by atoms with Gasteiger partial charge in [-0.1, -0.05) is 19.9 Å². The molecule has 34 heavy (non-hydrogen) atoms. The van der Waals surface area contributed by atoms with Crippen molar-refractivity contribution < 1.29 is 19.1 Å². The summed E-state index contributed by atoms with van der Waals surface area (Å²) in [5.74, 6) is 1.81. The van der Waals surface area contributed by atoms with Gasteiger partial charge in [-0.3, -0.25) is 14.5 Å². The molecule has 0 bridgehead atoms. The van der Waals surface area contributed by atoms with Crippen LogP contribution in [0.4, 0.5) is 0 Å². The summed E-state index contributed by atoms with van der Waals surface area (Å²) in [7, 11) is 0. The van der Waals surface area contributed by atoms with Gasteiger partial charge in [-0.15, -0.1) is 11.3 Å². The van der Waals surface area contributed by atoms with Crippen molar-refractivity contribution in [1.29, 1.82) is 0 Å². The number of aryl methyl sites for hydroxylation is 1. The number of carbonyl (C=O) groups is 2. The second-order valence-electron chi connectivity index (χ2n) is 9.26. The SMILES string of the molecule is Cc1csc(CC(=O)N2CCN(CC(=O)NC(c3ccc4c(c3)OCCCO4)C(C)C)CC2)n1. The van der Waals surface area contributed by atoms with E-state index in [1.165, 1.54) is 11.3 Å². The van der Waals surface area contributed by atoms with Crippen LogP contribution >= 0.6 is 11.3 Å². The van der Waals surface area contributed by atoms with Crippen molar-refractivity contribution in [2.24, 2.45) is 5.92 Å². The maximum absolute atomic E-state index is 12.9. The van der Waals surface area contributed by atoms with E-state index in [4.69, 9.17) is 9.47 Å². The molecule has 8 nitrogen and oxygen atoms in total. The zero-order valence-corrected chi connectivity index (χ0v) is 21.0. The van der Waals surface area contributed by atoms with Crippen molar-refractivity contribution in [1.82, 2.24) is 20.1 Å². The van der Waals surface area contributed by atoms with Crippen molar-refractivity contribution >= 4 is 23.2 Å². The molecule has 0 aliphatic carbocycles. The molecular formula is C25H34N4O4S. The maximum Gasteiger partial charge on any atom is 0.234 e. The van der Waals surface area contributed by atoms with Crippen molar-refractivity contribution in [3.05, 3.63) is 39.8 Å². The fourth-order valence-corrected chi connectivity index (χ4v) is 5.07. The Balaban J connectivity index is 1.28. The van der Waals surface area contributed by atoms with E-state index in [2.05, 4.69) is 29.0 Å². The number of ether oxygens (including phenoxy) is 2. The Morgan fingerprint density at radius 1 is 1.12 bits per heavy atom. The van der Waals surface area contributed by atoms with Crippen LogP contribution in [0.2, 0.25) is 0 Å². The number of benzene rings is 1. The molecule has 2 aromatic rings. The highest BCUT2D eigenvalue weighted by atomic mass is 32.1. The van der Waals surface area contributed by atoms with E-state index in [0.29, 0.717) is 52.4 Å². The van der Waals surface area contributed by atoms with Gasteiger partial charge in [0.2, 0.25) is 11.8 Å². The van der Waals surface area contributed by atoms with Gasteiger partial charge in [-0.05, 0) is 30.5 Å². The number of hydrogen-bond donors (Lipinski definition) is 1. The summed E-state index contributed by atoms with van der Waals surface area (Å²) in [6.07, 6.45) is 1.21. The van der Waals surface area contributed by atoms with E-state index in [9.17, 15) is 9.59 Å². The molecule has 0 spiro atoms. The Labute approximate surface area is 205 Å². The number of thiazole rings is 1. The molecule has 2 aliphatic heterocycles. The summed E-state index contributed by atoms with van der Waals surface area (Å²) in [6.45, 7) is 10.4. The molecule has 1 unspecified atom stereocenters. The largest absolute Gasteiger partial charge is 0.490 e. The van der Waals surface area contributed by atoms with Crippen LogP contribution in [0.3, 0.4) is 0 Å². The van der Waals surface area contributed by atoms with Gasteiger partial charge in [0.1, 0.15) is 5.01 Å². The first-order chi connectivity index (χ1) is 16.4. The predicted molar refractivity (Wildman–Crippen MR) is 131 cm³/mol. The van der Waals surface area contributed by atoms with E-state index in [1.54, 1.807) is 0 Å². The van der Waals surface area contributed by atoms with E-state index in [1.807, 2.05) is 35.4 Å². The fraction of sp³-hybridized carbons (Fsp3) is 0.560. The molecule has 1 aromatic carbocycles. The second-order valence-corrected chi connectivity index (χ2v) is 10.2. The Morgan fingerprint density at radius 3 is 2.53 bits per heavy atom. The summed E-state index contributed by atoms with van der Waals surface area (Å²) in [5, 5.41) is 6.04. The molecule has 1 atom stereocenters. The van der Waals surface area contributed by atoms with Gasteiger partial charge in [0.05, 0.1) is 32.2 Å². The van der Waals surface area contributed by atoms with Crippen molar-refractivity contribution in [3.8, 4) is 11.5 Å². The Morgan fingerprint density at radius 2 is 1.85 bits per heavy atom. The molecule has 2 aliphatic rings. The third-order valence-corrected chi connectivity index (χ3v) is 7.14. The number of nitrogens with one attached hydrogen (secondary N) is 1. The van der Waals surface area contributed by atoms with Crippen LogP contribution < -0.4 is 14.8 Å². The molecule has 3 heterocycles. The topological polar surface area (TPSA) is 84.0 Å². The Kier molecular flexibility index (Phi) is 8.05.